The van der Waals surface area contributed by atoms with Gasteiger partial charge in [-0.05, 0) is 25.0 Å². The maximum Gasteiger partial charge on any atom is 0.303 e. The number of anilines is 1. The van der Waals surface area contributed by atoms with Crippen LogP contribution in [0.25, 0.3) is 0 Å². The van der Waals surface area contributed by atoms with Crippen LogP contribution in [0, 0.1) is 0 Å². The minimum Gasteiger partial charge on any atom is -0.481 e. The van der Waals surface area contributed by atoms with Gasteiger partial charge in [-0.25, -0.2) is 0 Å². The van der Waals surface area contributed by atoms with E-state index in [2.05, 4.69) is 5.32 Å². The predicted molar refractivity (Wildman–Crippen MR) is 90.9 cm³/mol. The van der Waals surface area contributed by atoms with Crippen molar-refractivity contribution in [3.63, 3.8) is 0 Å². The van der Waals surface area contributed by atoms with Gasteiger partial charge >= 0.3 is 5.97 Å². The third kappa shape index (κ3) is 4.81. The van der Waals surface area contributed by atoms with Crippen molar-refractivity contribution in [1.29, 1.82) is 0 Å². The quantitative estimate of drug-likeness (QED) is 0.838. The number of carboxylic acid groups (broad SMARTS) is 1. The van der Waals surface area contributed by atoms with Gasteiger partial charge in [0.25, 0.3) is 5.91 Å². The lowest BCUT2D eigenvalue weighted by atomic mass is 9.94. The monoisotopic (exact) mass is 332 g/mol. The molecule has 0 spiro atoms. The Balaban J connectivity index is 2.08. The average Bonchev–Trinajstić information content (AvgIpc) is 2.60. The SMILES string of the molecule is CN(C(=O)c1ccccc1NC(=O)CCC(=O)O)C1CCCCC1. The van der Waals surface area contributed by atoms with Crippen molar-refractivity contribution in [3.8, 4) is 0 Å². The summed E-state index contributed by atoms with van der Waals surface area (Å²) in [6, 6.07) is 7.09. The van der Waals surface area contributed by atoms with E-state index >= 15 is 0 Å². The Morgan fingerprint density at radius 3 is 2.46 bits per heavy atom. The van der Waals surface area contributed by atoms with Gasteiger partial charge in [0.2, 0.25) is 5.91 Å². The van der Waals surface area contributed by atoms with Crippen LogP contribution >= 0.6 is 0 Å². The summed E-state index contributed by atoms with van der Waals surface area (Å²) in [6.45, 7) is 0. The van der Waals surface area contributed by atoms with Crippen LogP contribution < -0.4 is 5.32 Å². The molecular weight excluding hydrogens is 308 g/mol. The van der Waals surface area contributed by atoms with E-state index in [0.717, 1.165) is 25.7 Å². The third-order valence-corrected chi connectivity index (χ3v) is 4.44. The molecule has 0 aliphatic heterocycles. The Hall–Kier alpha value is -2.37. The Morgan fingerprint density at radius 1 is 1.12 bits per heavy atom. The largest absolute Gasteiger partial charge is 0.481 e. The molecule has 0 bridgehead atoms. The zero-order valence-electron chi connectivity index (χ0n) is 14.0. The van der Waals surface area contributed by atoms with Crippen molar-refractivity contribution >= 4 is 23.5 Å². The minimum absolute atomic E-state index is 0.115. The molecular formula is C18H24N2O4. The zero-order chi connectivity index (χ0) is 17.5. The maximum absolute atomic E-state index is 12.8. The van der Waals surface area contributed by atoms with Gasteiger partial charge in [-0.2, -0.15) is 0 Å². The van der Waals surface area contributed by atoms with Crippen LogP contribution in [0.15, 0.2) is 24.3 Å². The molecule has 24 heavy (non-hydrogen) atoms. The van der Waals surface area contributed by atoms with E-state index < -0.39 is 11.9 Å². The standard InChI is InChI=1S/C18H24N2O4/c1-20(13-7-3-2-4-8-13)18(24)14-9-5-6-10-15(14)19-16(21)11-12-17(22)23/h5-6,9-10,13H,2-4,7-8,11-12H2,1H3,(H,19,21)(H,22,23). The average molecular weight is 332 g/mol. The molecule has 0 unspecified atom stereocenters. The molecule has 0 radical (unpaired) electrons. The van der Waals surface area contributed by atoms with Gasteiger partial charge in [-0.15, -0.1) is 0 Å². The zero-order valence-corrected chi connectivity index (χ0v) is 14.0. The first-order chi connectivity index (χ1) is 11.5. The Labute approximate surface area is 141 Å². The molecule has 6 heteroatoms. The first-order valence-electron chi connectivity index (χ1n) is 8.37. The summed E-state index contributed by atoms with van der Waals surface area (Å²) in [5.41, 5.74) is 0.870. The number of para-hydroxylation sites is 1. The Kier molecular flexibility index (Phi) is 6.35. The normalized spacial score (nSPS) is 14.9. The summed E-state index contributed by atoms with van der Waals surface area (Å²) in [6.07, 6.45) is 5.16. The lowest BCUT2D eigenvalue weighted by molar-refractivity contribution is -0.138. The van der Waals surface area contributed by atoms with Crippen molar-refractivity contribution in [1.82, 2.24) is 4.90 Å². The summed E-state index contributed by atoms with van der Waals surface area (Å²) in [4.78, 5) is 37.0. The van der Waals surface area contributed by atoms with Crippen LogP contribution in [0.1, 0.15) is 55.3 Å². The Morgan fingerprint density at radius 2 is 1.79 bits per heavy atom. The number of benzene rings is 1. The van der Waals surface area contributed by atoms with E-state index in [-0.39, 0.29) is 24.8 Å². The van der Waals surface area contributed by atoms with Gasteiger partial charge in [0.1, 0.15) is 0 Å². The lowest BCUT2D eigenvalue weighted by Gasteiger charge is -2.31. The van der Waals surface area contributed by atoms with Crippen LogP contribution in [-0.2, 0) is 9.59 Å². The van der Waals surface area contributed by atoms with Crippen LogP contribution in [-0.4, -0.2) is 40.9 Å². The number of nitrogens with one attached hydrogen (secondary N) is 1. The first kappa shape index (κ1) is 18.0. The number of carbonyl (C=O) groups excluding carboxylic acids is 2. The van der Waals surface area contributed by atoms with Gasteiger partial charge in [-0.3, -0.25) is 14.4 Å². The molecule has 2 N–H and O–H groups in total. The predicted octanol–water partition coefficient (Wildman–Crippen LogP) is 2.89. The molecule has 1 aliphatic rings. The van der Waals surface area contributed by atoms with Crippen LogP contribution in [0.2, 0.25) is 0 Å². The van der Waals surface area contributed by atoms with E-state index in [4.69, 9.17) is 5.11 Å². The number of rotatable bonds is 6. The number of carbonyl (C=O) groups is 3. The molecule has 0 atom stereocenters. The second-order valence-corrected chi connectivity index (χ2v) is 6.20. The third-order valence-electron chi connectivity index (χ3n) is 4.44. The lowest BCUT2D eigenvalue weighted by Crippen LogP contribution is -2.38. The van der Waals surface area contributed by atoms with Crippen molar-refractivity contribution in [2.75, 3.05) is 12.4 Å². The van der Waals surface area contributed by atoms with Crippen molar-refractivity contribution < 1.29 is 19.5 Å². The topological polar surface area (TPSA) is 86.7 Å². The number of hydrogen-bond acceptors (Lipinski definition) is 3. The Bertz CT molecular complexity index is 609. The molecule has 0 aromatic heterocycles. The number of amides is 2. The number of aliphatic carboxylic acids is 1. The smallest absolute Gasteiger partial charge is 0.303 e. The van der Waals surface area contributed by atoms with E-state index in [9.17, 15) is 14.4 Å². The van der Waals surface area contributed by atoms with E-state index in [1.54, 1.807) is 36.2 Å². The van der Waals surface area contributed by atoms with Crippen LogP contribution in [0.5, 0.6) is 0 Å². The molecule has 130 valence electrons. The fraction of sp³-hybridized carbons (Fsp3) is 0.500. The van der Waals surface area contributed by atoms with E-state index in [1.807, 2.05) is 0 Å². The van der Waals surface area contributed by atoms with Crippen LogP contribution in [0.4, 0.5) is 5.69 Å². The molecule has 1 fully saturated rings. The van der Waals surface area contributed by atoms with E-state index in [0.29, 0.717) is 11.3 Å². The second kappa shape index (κ2) is 8.47. The highest BCUT2D eigenvalue weighted by molar-refractivity contribution is 6.04. The molecule has 0 saturated heterocycles. The fourth-order valence-corrected chi connectivity index (χ4v) is 3.04. The second-order valence-electron chi connectivity index (χ2n) is 6.20. The molecule has 0 heterocycles. The number of carboxylic acids is 1. The first-order valence-corrected chi connectivity index (χ1v) is 8.37. The molecule has 1 saturated carbocycles. The van der Waals surface area contributed by atoms with Gasteiger partial charge in [-0.1, -0.05) is 31.4 Å². The fourth-order valence-electron chi connectivity index (χ4n) is 3.04. The summed E-state index contributed by atoms with van der Waals surface area (Å²) in [5.74, 6) is -1.54. The highest BCUT2D eigenvalue weighted by Gasteiger charge is 2.24. The summed E-state index contributed by atoms with van der Waals surface area (Å²) in [7, 11) is 1.81. The van der Waals surface area contributed by atoms with Crippen molar-refractivity contribution in [2.24, 2.45) is 0 Å². The summed E-state index contributed by atoms with van der Waals surface area (Å²) in [5, 5.41) is 11.3. The molecule has 1 aromatic rings. The minimum atomic E-state index is -1.02. The number of nitrogens with zero attached hydrogens (tertiary/aromatic N) is 1. The van der Waals surface area contributed by atoms with Gasteiger partial charge in [0, 0.05) is 19.5 Å². The van der Waals surface area contributed by atoms with Gasteiger partial charge in [0.15, 0.2) is 0 Å². The molecule has 2 amide bonds. The number of hydrogen-bond donors (Lipinski definition) is 2. The molecule has 2 rings (SSSR count). The van der Waals surface area contributed by atoms with Gasteiger partial charge < -0.3 is 15.3 Å². The van der Waals surface area contributed by atoms with Crippen molar-refractivity contribution in [2.45, 2.75) is 51.0 Å². The van der Waals surface area contributed by atoms with Crippen molar-refractivity contribution in [3.05, 3.63) is 29.8 Å². The highest BCUT2D eigenvalue weighted by Crippen LogP contribution is 2.25. The highest BCUT2D eigenvalue weighted by atomic mass is 16.4. The van der Waals surface area contributed by atoms with Crippen LogP contribution in [0.3, 0.4) is 0 Å². The molecule has 6 nitrogen and oxygen atoms in total. The van der Waals surface area contributed by atoms with Gasteiger partial charge in [0.05, 0.1) is 17.7 Å². The summed E-state index contributed by atoms with van der Waals surface area (Å²) < 4.78 is 0. The molecule has 1 aromatic carbocycles. The maximum atomic E-state index is 12.8. The summed E-state index contributed by atoms with van der Waals surface area (Å²) >= 11 is 0. The molecule has 1 aliphatic carbocycles. The van der Waals surface area contributed by atoms with E-state index in [1.165, 1.54) is 6.42 Å².